The van der Waals surface area contributed by atoms with E-state index >= 15 is 0 Å². The van der Waals surface area contributed by atoms with Gasteiger partial charge in [0, 0.05) is 20.4 Å². The zero-order valence-corrected chi connectivity index (χ0v) is 10.6. The standard InChI is InChI=1S/C13H18N4O/c1-17-9-8-11(16-17)12(15-14)13(18-2)10-6-4-3-5-7-10/h3-9,12-13,15H,14H2,1-2H3. The minimum absolute atomic E-state index is 0.175. The van der Waals surface area contributed by atoms with Crippen molar-refractivity contribution in [3.8, 4) is 0 Å². The zero-order chi connectivity index (χ0) is 13.0. The Bertz CT molecular complexity index is 483. The topological polar surface area (TPSA) is 65.1 Å². The average molecular weight is 246 g/mol. The lowest BCUT2D eigenvalue weighted by molar-refractivity contribution is 0.0661. The highest BCUT2D eigenvalue weighted by Crippen LogP contribution is 2.29. The van der Waals surface area contributed by atoms with E-state index in [0.717, 1.165) is 11.3 Å². The van der Waals surface area contributed by atoms with E-state index in [4.69, 9.17) is 10.6 Å². The summed E-state index contributed by atoms with van der Waals surface area (Å²) in [6.07, 6.45) is 1.71. The minimum Gasteiger partial charge on any atom is -0.375 e. The van der Waals surface area contributed by atoms with E-state index in [1.165, 1.54) is 0 Å². The van der Waals surface area contributed by atoms with E-state index in [9.17, 15) is 0 Å². The molecule has 3 N–H and O–H groups in total. The average Bonchev–Trinajstić information content (AvgIpc) is 2.83. The van der Waals surface area contributed by atoms with E-state index in [1.54, 1.807) is 11.8 Å². The third-order valence-electron chi connectivity index (χ3n) is 2.92. The van der Waals surface area contributed by atoms with Crippen molar-refractivity contribution in [2.24, 2.45) is 12.9 Å². The van der Waals surface area contributed by atoms with E-state index in [2.05, 4.69) is 10.5 Å². The second-order valence-corrected chi connectivity index (χ2v) is 4.13. The molecule has 2 aromatic rings. The van der Waals surface area contributed by atoms with Crippen molar-refractivity contribution in [1.29, 1.82) is 0 Å². The van der Waals surface area contributed by atoms with Gasteiger partial charge in [-0.05, 0) is 11.6 Å². The van der Waals surface area contributed by atoms with Crippen LogP contribution in [0.3, 0.4) is 0 Å². The normalized spacial score (nSPS) is 14.4. The molecule has 0 radical (unpaired) electrons. The van der Waals surface area contributed by atoms with Crippen LogP contribution in [0.25, 0.3) is 0 Å². The number of nitrogens with zero attached hydrogens (tertiary/aromatic N) is 2. The molecule has 0 amide bonds. The number of aryl methyl sites for hydroxylation is 1. The van der Waals surface area contributed by atoms with Crippen molar-refractivity contribution >= 4 is 0 Å². The maximum Gasteiger partial charge on any atom is 0.104 e. The number of hydrazine groups is 1. The summed E-state index contributed by atoms with van der Waals surface area (Å²) in [6, 6.07) is 11.7. The molecular weight excluding hydrogens is 228 g/mol. The van der Waals surface area contributed by atoms with Crippen molar-refractivity contribution < 1.29 is 4.74 Å². The van der Waals surface area contributed by atoms with Gasteiger partial charge in [-0.2, -0.15) is 5.10 Å². The summed E-state index contributed by atoms with van der Waals surface area (Å²) in [5, 5.41) is 4.37. The molecular formula is C13H18N4O. The highest BCUT2D eigenvalue weighted by molar-refractivity contribution is 5.22. The van der Waals surface area contributed by atoms with Crippen LogP contribution >= 0.6 is 0 Å². The molecule has 0 spiro atoms. The number of benzene rings is 1. The van der Waals surface area contributed by atoms with Crippen molar-refractivity contribution in [3.63, 3.8) is 0 Å². The van der Waals surface area contributed by atoms with Gasteiger partial charge in [-0.1, -0.05) is 30.3 Å². The smallest absolute Gasteiger partial charge is 0.104 e. The number of aromatic nitrogens is 2. The first-order chi connectivity index (χ1) is 8.76. The van der Waals surface area contributed by atoms with Crippen LogP contribution in [0.4, 0.5) is 0 Å². The molecule has 2 unspecified atom stereocenters. The van der Waals surface area contributed by atoms with Crippen molar-refractivity contribution in [1.82, 2.24) is 15.2 Å². The second-order valence-electron chi connectivity index (χ2n) is 4.13. The van der Waals surface area contributed by atoms with Gasteiger partial charge < -0.3 is 4.74 Å². The maximum atomic E-state index is 5.65. The molecule has 1 heterocycles. The van der Waals surface area contributed by atoms with Crippen LogP contribution in [0.5, 0.6) is 0 Å². The maximum absolute atomic E-state index is 5.65. The molecule has 0 fully saturated rings. The fraction of sp³-hybridized carbons (Fsp3) is 0.308. The second kappa shape index (κ2) is 5.77. The van der Waals surface area contributed by atoms with Crippen LogP contribution in [-0.4, -0.2) is 16.9 Å². The lowest BCUT2D eigenvalue weighted by Gasteiger charge is -2.24. The number of hydrogen-bond acceptors (Lipinski definition) is 4. The Morgan fingerprint density at radius 2 is 2.00 bits per heavy atom. The molecule has 5 heteroatoms. The molecule has 96 valence electrons. The Morgan fingerprint density at radius 3 is 2.50 bits per heavy atom. The van der Waals surface area contributed by atoms with Crippen LogP contribution in [0, 0.1) is 0 Å². The van der Waals surface area contributed by atoms with E-state index in [0.29, 0.717) is 0 Å². The molecule has 1 aromatic carbocycles. The molecule has 2 rings (SSSR count). The summed E-state index contributed by atoms with van der Waals surface area (Å²) in [6.45, 7) is 0. The van der Waals surface area contributed by atoms with Gasteiger partial charge in [0.05, 0.1) is 11.7 Å². The van der Waals surface area contributed by atoms with Gasteiger partial charge in [0.2, 0.25) is 0 Å². The first-order valence-electron chi connectivity index (χ1n) is 5.79. The third-order valence-corrected chi connectivity index (χ3v) is 2.92. The van der Waals surface area contributed by atoms with Gasteiger partial charge in [0.1, 0.15) is 6.10 Å². The SMILES string of the molecule is COC(c1ccccc1)C(NN)c1ccn(C)n1. The molecule has 0 bridgehead atoms. The molecule has 18 heavy (non-hydrogen) atoms. The van der Waals surface area contributed by atoms with Gasteiger partial charge in [-0.15, -0.1) is 0 Å². The van der Waals surface area contributed by atoms with Crippen molar-refractivity contribution in [3.05, 3.63) is 53.9 Å². The molecule has 5 nitrogen and oxygen atoms in total. The number of methoxy groups -OCH3 is 1. The van der Waals surface area contributed by atoms with E-state index in [1.807, 2.05) is 49.6 Å². The predicted molar refractivity (Wildman–Crippen MR) is 69.5 cm³/mol. The Morgan fingerprint density at radius 1 is 1.28 bits per heavy atom. The van der Waals surface area contributed by atoms with E-state index in [-0.39, 0.29) is 12.1 Å². The number of nitrogens with two attached hydrogens (primary N) is 1. The number of ether oxygens (including phenoxy) is 1. The Hall–Kier alpha value is -1.69. The minimum atomic E-state index is -0.182. The molecule has 0 saturated carbocycles. The molecule has 0 aliphatic carbocycles. The van der Waals surface area contributed by atoms with Crippen LogP contribution in [0.2, 0.25) is 0 Å². The lowest BCUT2D eigenvalue weighted by Crippen LogP contribution is -2.33. The largest absolute Gasteiger partial charge is 0.375 e. The molecule has 0 saturated heterocycles. The summed E-state index contributed by atoms with van der Waals surface area (Å²) < 4.78 is 7.31. The van der Waals surface area contributed by atoms with Crippen molar-refractivity contribution in [2.45, 2.75) is 12.1 Å². The van der Waals surface area contributed by atoms with Gasteiger partial charge in [0.15, 0.2) is 0 Å². The number of nitrogens with one attached hydrogen (secondary N) is 1. The van der Waals surface area contributed by atoms with Crippen LogP contribution in [0.1, 0.15) is 23.4 Å². The zero-order valence-electron chi connectivity index (χ0n) is 10.6. The monoisotopic (exact) mass is 246 g/mol. The first kappa shape index (κ1) is 12.8. The molecule has 1 aromatic heterocycles. The number of rotatable bonds is 5. The molecule has 0 aliphatic heterocycles. The highest BCUT2D eigenvalue weighted by Gasteiger charge is 2.25. The Balaban J connectivity index is 2.30. The van der Waals surface area contributed by atoms with E-state index < -0.39 is 0 Å². The summed E-state index contributed by atoms with van der Waals surface area (Å²) in [7, 11) is 3.55. The summed E-state index contributed by atoms with van der Waals surface area (Å²) in [4.78, 5) is 0. The Labute approximate surface area is 107 Å². The third kappa shape index (κ3) is 2.59. The fourth-order valence-corrected chi connectivity index (χ4v) is 2.03. The lowest BCUT2D eigenvalue weighted by atomic mass is 10.0. The quantitative estimate of drug-likeness (QED) is 0.616. The van der Waals surface area contributed by atoms with Gasteiger partial charge in [-0.3, -0.25) is 10.5 Å². The highest BCUT2D eigenvalue weighted by atomic mass is 16.5. The van der Waals surface area contributed by atoms with Crippen LogP contribution in [0.15, 0.2) is 42.6 Å². The van der Waals surface area contributed by atoms with Crippen molar-refractivity contribution in [2.75, 3.05) is 7.11 Å². The fourth-order valence-electron chi connectivity index (χ4n) is 2.03. The predicted octanol–water partition coefficient (Wildman–Crippen LogP) is 1.31. The summed E-state index contributed by atoms with van der Waals surface area (Å²) in [5.41, 5.74) is 4.70. The summed E-state index contributed by atoms with van der Waals surface area (Å²) >= 11 is 0. The van der Waals surface area contributed by atoms with Gasteiger partial charge in [-0.25, -0.2) is 5.43 Å². The first-order valence-corrected chi connectivity index (χ1v) is 5.79. The van der Waals surface area contributed by atoms with Gasteiger partial charge >= 0.3 is 0 Å². The van der Waals surface area contributed by atoms with Crippen LogP contribution in [-0.2, 0) is 11.8 Å². The Kier molecular flexibility index (Phi) is 4.09. The molecule has 2 atom stereocenters. The molecule has 0 aliphatic rings. The van der Waals surface area contributed by atoms with Gasteiger partial charge in [0.25, 0.3) is 0 Å². The van der Waals surface area contributed by atoms with Crippen LogP contribution < -0.4 is 11.3 Å². The summed E-state index contributed by atoms with van der Waals surface area (Å²) in [5.74, 6) is 5.65. The number of hydrogen-bond donors (Lipinski definition) is 2.